The van der Waals surface area contributed by atoms with Gasteiger partial charge in [-0.05, 0) is 73.0 Å². The van der Waals surface area contributed by atoms with Crippen LogP contribution in [-0.4, -0.2) is 57.7 Å². The SMILES string of the molecule is CS(=O)(=O)c1ccc(N2C(=O)C3(CCN(C(=O)c4ccc5c(c4)OCCCO5)CC3)C2c2ccc(Cl)cc2)cc1. The highest BCUT2D eigenvalue weighted by Gasteiger charge is 2.62. The smallest absolute Gasteiger partial charge is 0.253 e. The van der Waals surface area contributed by atoms with E-state index in [2.05, 4.69) is 0 Å². The number of hydrogen-bond acceptors (Lipinski definition) is 6. The number of carbonyl (C=O) groups excluding carboxylic acids is 2. The van der Waals surface area contributed by atoms with Crippen LogP contribution in [0.3, 0.4) is 0 Å². The fourth-order valence-corrected chi connectivity index (χ4v) is 6.72. The van der Waals surface area contributed by atoms with Gasteiger partial charge in [0, 0.05) is 42.0 Å². The number of piperidine rings is 1. The van der Waals surface area contributed by atoms with Gasteiger partial charge in [-0.15, -0.1) is 0 Å². The molecule has 3 heterocycles. The van der Waals surface area contributed by atoms with E-state index in [1.807, 2.05) is 12.1 Å². The number of β-lactam (4-membered cyclic amide) rings is 1. The van der Waals surface area contributed by atoms with Crippen LogP contribution in [0, 0.1) is 5.41 Å². The second-order valence-electron chi connectivity index (χ2n) is 10.6. The average Bonchev–Trinajstić information content (AvgIpc) is 3.21. The number of sulfone groups is 1. The van der Waals surface area contributed by atoms with Gasteiger partial charge in [0.05, 0.1) is 29.6 Å². The predicted molar refractivity (Wildman–Crippen MR) is 151 cm³/mol. The fraction of sp³-hybridized carbons (Fsp3) is 0.333. The van der Waals surface area contributed by atoms with Crippen LogP contribution < -0.4 is 14.4 Å². The number of hydrogen-bond donors (Lipinski definition) is 0. The molecule has 0 saturated carbocycles. The van der Waals surface area contributed by atoms with Crippen LogP contribution in [0.15, 0.2) is 71.6 Å². The van der Waals surface area contributed by atoms with E-state index in [0.29, 0.717) is 66.9 Å². The summed E-state index contributed by atoms with van der Waals surface area (Å²) in [6, 6.07) is 18.9. The van der Waals surface area contributed by atoms with E-state index < -0.39 is 15.3 Å². The molecule has 1 atom stereocenters. The van der Waals surface area contributed by atoms with Crippen LogP contribution in [0.1, 0.15) is 41.2 Å². The first-order valence-corrected chi connectivity index (χ1v) is 15.5. The summed E-state index contributed by atoms with van der Waals surface area (Å²) in [6.07, 6.45) is 2.96. The van der Waals surface area contributed by atoms with Gasteiger partial charge in [0.25, 0.3) is 5.91 Å². The maximum atomic E-state index is 13.9. The van der Waals surface area contributed by atoms with Gasteiger partial charge in [0.1, 0.15) is 0 Å². The normalized spacial score (nSPS) is 20.1. The Bertz CT molecular complexity index is 1560. The topological polar surface area (TPSA) is 93.2 Å². The number of rotatable bonds is 4. The van der Waals surface area contributed by atoms with E-state index in [1.165, 1.54) is 12.1 Å². The number of benzene rings is 3. The number of ether oxygens (including phenoxy) is 2. The van der Waals surface area contributed by atoms with E-state index in [0.717, 1.165) is 18.2 Å². The first-order chi connectivity index (χ1) is 19.2. The van der Waals surface area contributed by atoms with Crippen molar-refractivity contribution in [3.8, 4) is 11.5 Å². The summed E-state index contributed by atoms with van der Waals surface area (Å²) >= 11 is 6.16. The Balaban J connectivity index is 1.25. The molecule has 3 aliphatic rings. The third kappa shape index (κ3) is 4.61. The third-order valence-electron chi connectivity index (χ3n) is 8.09. The zero-order valence-corrected chi connectivity index (χ0v) is 23.6. The van der Waals surface area contributed by atoms with E-state index >= 15 is 0 Å². The summed E-state index contributed by atoms with van der Waals surface area (Å²) in [6.45, 7) is 1.99. The molecule has 2 saturated heterocycles. The highest BCUT2D eigenvalue weighted by atomic mass is 35.5. The molecule has 3 aliphatic heterocycles. The van der Waals surface area contributed by atoms with Crippen molar-refractivity contribution in [2.75, 3.05) is 37.5 Å². The van der Waals surface area contributed by atoms with Crippen molar-refractivity contribution >= 4 is 38.9 Å². The zero-order chi connectivity index (χ0) is 28.1. The first kappa shape index (κ1) is 26.7. The Morgan fingerprint density at radius 2 is 1.57 bits per heavy atom. The predicted octanol–water partition coefficient (Wildman–Crippen LogP) is 4.92. The molecule has 0 aromatic heterocycles. The summed E-state index contributed by atoms with van der Waals surface area (Å²) in [5.41, 5.74) is 1.43. The summed E-state index contributed by atoms with van der Waals surface area (Å²) < 4.78 is 35.4. The first-order valence-electron chi connectivity index (χ1n) is 13.3. The molecule has 2 fully saturated rings. The molecule has 1 unspecified atom stereocenters. The van der Waals surface area contributed by atoms with Crippen molar-refractivity contribution in [3.05, 3.63) is 82.9 Å². The Morgan fingerprint density at radius 1 is 0.925 bits per heavy atom. The summed E-state index contributed by atoms with van der Waals surface area (Å²) in [4.78, 5) is 31.0. The van der Waals surface area contributed by atoms with Crippen LogP contribution >= 0.6 is 11.6 Å². The molecule has 2 amide bonds. The molecule has 3 aromatic rings. The lowest BCUT2D eigenvalue weighted by molar-refractivity contribution is -0.144. The van der Waals surface area contributed by atoms with Gasteiger partial charge in [-0.25, -0.2) is 8.42 Å². The number of fused-ring (bicyclic) bond motifs is 1. The van der Waals surface area contributed by atoms with Crippen molar-refractivity contribution in [2.24, 2.45) is 5.41 Å². The number of anilines is 1. The van der Waals surface area contributed by atoms with Crippen LogP contribution in [0.5, 0.6) is 11.5 Å². The van der Waals surface area contributed by atoms with Gasteiger partial charge in [-0.1, -0.05) is 23.7 Å². The van der Waals surface area contributed by atoms with Crippen molar-refractivity contribution in [1.29, 1.82) is 0 Å². The Labute approximate surface area is 238 Å². The minimum Gasteiger partial charge on any atom is -0.490 e. The molecular formula is C30H29ClN2O6S. The van der Waals surface area contributed by atoms with Gasteiger partial charge in [-0.2, -0.15) is 0 Å². The maximum Gasteiger partial charge on any atom is 0.253 e. The van der Waals surface area contributed by atoms with Crippen LogP contribution in [0.25, 0.3) is 0 Å². The molecule has 40 heavy (non-hydrogen) atoms. The summed E-state index contributed by atoms with van der Waals surface area (Å²) in [7, 11) is -3.36. The van der Waals surface area contributed by atoms with Crippen LogP contribution in [0.4, 0.5) is 5.69 Å². The lowest BCUT2D eigenvalue weighted by Gasteiger charge is -2.59. The van der Waals surface area contributed by atoms with E-state index in [4.69, 9.17) is 21.1 Å². The van der Waals surface area contributed by atoms with Gasteiger partial charge >= 0.3 is 0 Å². The van der Waals surface area contributed by atoms with Crippen molar-refractivity contribution in [2.45, 2.75) is 30.2 Å². The molecule has 3 aromatic carbocycles. The highest BCUT2D eigenvalue weighted by molar-refractivity contribution is 7.90. The molecule has 0 radical (unpaired) electrons. The monoisotopic (exact) mass is 580 g/mol. The lowest BCUT2D eigenvalue weighted by Crippen LogP contribution is -2.67. The number of halogens is 1. The molecule has 0 aliphatic carbocycles. The summed E-state index contributed by atoms with van der Waals surface area (Å²) in [5, 5.41) is 0.600. The minimum absolute atomic E-state index is 0.0257. The van der Waals surface area contributed by atoms with Gasteiger partial charge < -0.3 is 19.3 Å². The summed E-state index contributed by atoms with van der Waals surface area (Å²) in [5.74, 6) is 1.09. The van der Waals surface area contributed by atoms with E-state index in [1.54, 1.807) is 52.3 Å². The second kappa shape index (κ2) is 10.1. The van der Waals surface area contributed by atoms with Gasteiger partial charge in [0.15, 0.2) is 21.3 Å². The molecule has 0 bridgehead atoms. The molecule has 0 N–H and O–H groups in total. The Morgan fingerprint density at radius 3 is 2.23 bits per heavy atom. The fourth-order valence-electron chi connectivity index (χ4n) is 5.96. The number of likely N-dealkylation sites (tertiary alicyclic amines) is 1. The van der Waals surface area contributed by atoms with Crippen molar-refractivity contribution in [1.82, 2.24) is 4.90 Å². The number of carbonyl (C=O) groups is 2. The van der Waals surface area contributed by atoms with Crippen molar-refractivity contribution in [3.63, 3.8) is 0 Å². The molecular weight excluding hydrogens is 552 g/mol. The third-order valence-corrected chi connectivity index (χ3v) is 9.47. The molecule has 10 heteroatoms. The van der Waals surface area contributed by atoms with E-state index in [9.17, 15) is 18.0 Å². The largest absolute Gasteiger partial charge is 0.490 e. The van der Waals surface area contributed by atoms with Crippen LogP contribution in [-0.2, 0) is 14.6 Å². The molecule has 8 nitrogen and oxygen atoms in total. The van der Waals surface area contributed by atoms with Crippen LogP contribution in [0.2, 0.25) is 5.02 Å². The van der Waals surface area contributed by atoms with E-state index in [-0.39, 0.29) is 22.8 Å². The average molecular weight is 581 g/mol. The van der Waals surface area contributed by atoms with Gasteiger partial charge in [0.2, 0.25) is 5.91 Å². The minimum atomic E-state index is -3.36. The standard InChI is InChI=1S/C30H29ClN2O6S/c1-40(36,37)24-10-8-23(9-11-24)33-27(20-3-6-22(31)7-4-20)30(29(33)35)13-15-32(16-14-30)28(34)21-5-12-25-26(19-21)39-18-2-17-38-25/h3-12,19,27H,2,13-18H2,1H3. The molecule has 1 spiro atoms. The maximum absolute atomic E-state index is 13.9. The second-order valence-corrected chi connectivity index (χ2v) is 13.0. The number of amides is 2. The van der Waals surface area contributed by atoms with Crippen molar-refractivity contribution < 1.29 is 27.5 Å². The lowest BCUT2D eigenvalue weighted by atomic mass is 9.62. The Kier molecular flexibility index (Phi) is 6.74. The highest BCUT2D eigenvalue weighted by Crippen LogP contribution is 2.57. The quantitative estimate of drug-likeness (QED) is 0.407. The number of nitrogens with zero attached hydrogens (tertiary/aromatic N) is 2. The zero-order valence-electron chi connectivity index (χ0n) is 22.0. The Hall–Kier alpha value is -3.56. The van der Waals surface area contributed by atoms with Gasteiger partial charge in [-0.3, -0.25) is 9.59 Å². The molecule has 6 rings (SSSR count). The molecule has 208 valence electrons.